The minimum atomic E-state index is -0.754. The monoisotopic (exact) mass is 345 g/mol. The molecule has 0 saturated heterocycles. The van der Waals surface area contributed by atoms with Gasteiger partial charge in [0.2, 0.25) is 0 Å². The fraction of sp³-hybridized carbons (Fsp3) is 0.235. The fourth-order valence-corrected chi connectivity index (χ4v) is 2.64. The van der Waals surface area contributed by atoms with Crippen LogP contribution in [-0.4, -0.2) is 23.8 Å². The van der Waals surface area contributed by atoms with Gasteiger partial charge in [0.1, 0.15) is 6.04 Å². The molecule has 0 fully saturated rings. The van der Waals surface area contributed by atoms with Crippen LogP contribution in [0.4, 0.5) is 0 Å². The van der Waals surface area contributed by atoms with Gasteiger partial charge in [0, 0.05) is 5.56 Å². The van der Waals surface area contributed by atoms with E-state index < -0.39 is 17.9 Å². The summed E-state index contributed by atoms with van der Waals surface area (Å²) in [7, 11) is 0. The SMILES string of the molecule is CC(C)C(NC(=O)c1cccs1)C(=O)NNC(=O)c1ccccc1. The molecule has 1 atom stereocenters. The van der Waals surface area contributed by atoms with E-state index in [9.17, 15) is 14.4 Å². The predicted molar refractivity (Wildman–Crippen MR) is 92.5 cm³/mol. The van der Waals surface area contributed by atoms with Crippen LogP contribution in [0, 0.1) is 5.92 Å². The first-order valence-electron chi connectivity index (χ1n) is 7.48. The molecule has 24 heavy (non-hydrogen) atoms. The highest BCUT2D eigenvalue weighted by Gasteiger charge is 2.25. The van der Waals surface area contributed by atoms with Gasteiger partial charge in [-0.2, -0.15) is 0 Å². The third-order valence-corrected chi connectivity index (χ3v) is 4.18. The van der Waals surface area contributed by atoms with E-state index in [1.807, 2.05) is 13.8 Å². The van der Waals surface area contributed by atoms with Crippen LogP contribution in [0.25, 0.3) is 0 Å². The molecule has 0 radical (unpaired) electrons. The number of benzene rings is 1. The Kier molecular flexibility index (Phi) is 6.08. The number of nitrogens with one attached hydrogen (secondary N) is 3. The van der Waals surface area contributed by atoms with Gasteiger partial charge in [0.25, 0.3) is 17.7 Å². The Balaban J connectivity index is 1.94. The summed E-state index contributed by atoms with van der Waals surface area (Å²) in [5, 5.41) is 4.48. The predicted octanol–water partition coefficient (Wildman–Crippen LogP) is 1.96. The maximum absolute atomic E-state index is 12.3. The molecule has 1 aromatic carbocycles. The third-order valence-electron chi connectivity index (χ3n) is 3.32. The second-order valence-corrected chi connectivity index (χ2v) is 6.43. The van der Waals surface area contributed by atoms with Crippen molar-refractivity contribution in [2.75, 3.05) is 0 Å². The molecule has 3 amide bonds. The van der Waals surface area contributed by atoms with Crippen LogP contribution in [0.5, 0.6) is 0 Å². The van der Waals surface area contributed by atoms with Crippen molar-refractivity contribution < 1.29 is 14.4 Å². The average Bonchev–Trinajstić information content (AvgIpc) is 3.12. The summed E-state index contributed by atoms with van der Waals surface area (Å²) in [5.41, 5.74) is 5.15. The Hall–Kier alpha value is -2.67. The number of amides is 3. The van der Waals surface area contributed by atoms with Gasteiger partial charge in [-0.25, -0.2) is 0 Å². The van der Waals surface area contributed by atoms with Crippen molar-refractivity contribution in [2.45, 2.75) is 19.9 Å². The molecular formula is C17H19N3O3S. The van der Waals surface area contributed by atoms with Crippen LogP contribution in [0.3, 0.4) is 0 Å². The number of rotatable bonds is 5. The summed E-state index contributed by atoms with van der Waals surface area (Å²) in [4.78, 5) is 36.9. The number of carbonyl (C=O) groups excluding carboxylic acids is 3. The Labute approximate surface area is 144 Å². The van der Waals surface area contributed by atoms with Crippen LogP contribution in [0.15, 0.2) is 47.8 Å². The Morgan fingerprint density at radius 3 is 2.21 bits per heavy atom. The molecule has 1 aromatic heterocycles. The second-order valence-electron chi connectivity index (χ2n) is 5.48. The van der Waals surface area contributed by atoms with Crippen molar-refractivity contribution in [3.05, 3.63) is 58.3 Å². The van der Waals surface area contributed by atoms with E-state index in [4.69, 9.17) is 0 Å². The van der Waals surface area contributed by atoms with Gasteiger partial charge in [0.15, 0.2) is 0 Å². The molecule has 0 aliphatic carbocycles. The smallest absolute Gasteiger partial charge is 0.269 e. The van der Waals surface area contributed by atoms with E-state index in [1.165, 1.54) is 11.3 Å². The number of carbonyl (C=O) groups is 3. The molecule has 3 N–H and O–H groups in total. The Bertz CT molecular complexity index is 699. The van der Waals surface area contributed by atoms with Crippen molar-refractivity contribution in [3.8, 4) is 0 Å². The maximum Gasteiger partial charge on any atom is 0.269 e. The third kappa shape index (κ3) is 4.66. The molecule has 1 heterocycles. The van der Waals surface area contributed by atoms with Gasteiger partial charge in [-0.05, 0) is 29.5 Å². The summed E-state index contributed by atoms with van der Waals surface area (Å²) in [6.45, 7) is 3.63. The first-order chi connectivity index (χ1) is 11.5. The van der Waals surface area contributed by atoms with Gasteiger partial charge in [-0.1, -0.05) is 38.1 Å². The van der Waals surface area contributed by atoms with Crippen LogP contribution < -0.4 is 16.2 Å². The van der Waals surface area contributed by atoms with Gasteiger partial charge in [0.05, 0.1) is 4.88 Å². The zero-order valence-electron chi connectivity index (χ0n) is 13.4. The lowest BCUT2D eigenvalue weighted by Crippen LogP contribution is -2.54. The number of hydrazine groups is 1. The quantitative estimate of drug-likeness (QED) is 0.724. The van der Waals surface area contributed by atoms with Crippen LogP contribution >= 0.6 is 11.3 Å². The van der Waals surface area contributed by atoms with E-state index in [-0.39, 0.29) is 11.8 Å². The van der Waals surface area contributed by atoms with Crippen LogP contribution in [0.1, 0.15) is 33.9 Å². The zero-order valence-corrected chi connectivity index (χ0v) is 14.2. The zero-order chi connectivity index (χ0) is 17.5. The van der Waals surface area contributed by atoms with E-state index in [0.717, 1.165) is 0 Å². The lowest BCUT2D eigenvalue weighted by molar-refractivity contribution is -0.124. The first-order valence-corrected chi connectivity index (χ1v) is 8.36. The largest absolute Gasteiger partial charge is 0.339 e. The molecule has 6 nitrogen and oxygen atoms in total. The van der Waals surface area contributed by atoms with Crippen molar-refractivity contribution in [2.24, 2.45) is 5.92 Å². The van der Waals surface area contributed by atoms with Gasteiger partial charge in [-0.15, -0.1) is 11.3 Å². The van der Waals surface area contributed by atoms with E-state index in [0.29, 0.717) is 10.4 Å². The highest BCUT2D eigenvalue weighted by Crippen LogP contribution is 2.10. The molecule has 0 spiro atoms. The average molecular weight is 345 g/mol. The summed E-state index contributed by atoms with van der Waals surface area (Å²) >= 11 is 1.30. The summed E-state index contributed by atoms with van der Waals surface area (Å²) < 4.78 is 0. The second kappa shape index (κ2) is 8.26. The molecule has 0 bridgehead atoms. The minimum Gasteiger partial charge on any atom is -0.339 e. The molecule has 0 aliphatic rings. The normalized spacial score (nSPS) is 11.6. The molecule has 0 saturated carbocycles. The standard InChI is InChI=1S/C17H19N3O3S/c1-11(2)14(18-16(22)13-9-6-10-24-13)17(23)20-19-15(21)12-7-4-3-5-8-12/h3-11,14H,1-2H3,(H,18,22)(H,19,21)(H,20,23). The lowest BCUT2D eigenvalue weighted by Gasteiger charge is -2.21. The number of hydrogen-bond donors (Lipinski definition) is 3. The summed E-state index contributed by atoms with van der Waals surface area (Å²) in [6, 6.07) is 11.2. The van der Waals surface area contributed by atoms with Crippen LogP contribution in [0.2, 0.25) is 0 Å². The molecule has 126 valence electrons. The molecular weight excluding hydrogens is 326 g/mol. The Morgan fingerprint density at radius 1 is 0.917 bits per heavy atom. The van der Waals surface area contributed by atoms with Crippen molar-refractivity contribution in [1.82, 2.24) is 16.2 Å². The number of thiophene rings is 1. The minimum absolute atomic E-state index is 0.137. The first kappa shape index (κ1) is 17.7. The molecule has 2 aromatic rings. The summed E-state index contributed by atoms with van der Waals surface area (Å²) in [6.07, 6.45) is 0. The maximum atomic E-state index is 12.3. The van der Waals surface area contributed by atoms with Crippen molar-refractivity contribution in [3.63, 3.8) is 0 Å². The van der Waals surface area contributed by atoms with E-state index in [2.05, 4.69) is 16.2 Å². The molecule has 0 aliphatic heterocycles. The highest BCUT2D eigenvalue weighted by molar-refractivity contribution is 7.12. The molecule has 1 unspecified atom stereocenters. The summed E-state index contributed by atoms with van der Waals surface area (Å²) in [5.74, 6) is -1.34. The highest BCUT2D eigenvalue weighted by atomic mass is 32.1. The Morgan fingerprint density at radius 2 is 1.62 bits per heavy atom. The van der Waals surface area contributed by atoms with Gasteiger partial charge < -0.3 is 5.32 Å². The molecule has 7 heteroatoms. The lowest BCUT2D eigenvalue weighted by atomic mass is 10.0. The topological polar surface area (TPSA) is 87.3 Å². The van der Waals surface area contributed by atoms with Gasteiger partial charge in [-0.3, -0.25) is 25.2 Å². The number of hydrogen-bond acceptors (Lipinski definition) is 4. The molecule has 2 rings (SSSR count). The van der Waals surface area contributed by atoms with Crippen molar-refractivity contribution in [1.29, 1.82) is 0 Å². The fourth-order valence-electron chi connectivity index (χ4n) is 2.01. The van der Waals surface area contributed by atoms with Gasteiger partial charge >= 0.3 is 0 Å². The van der Waals surface area contributed by atoms with E-state index >= 15 is 0 Å². The van der Waals surface area contributed by atoms with Crippen molar-refractivity contribution >= 4 is 29.1 Å². The van der Waals surface area contributed by atoms with Crippen LogP contribution in [-0.2, 0) is 4.79 Å². The van der Waals surface area contributed by atoms with E-state index in [1.54, 1.807) is 47.8 Å².